The first kappa shape index (κ1) is 13.5. The summed E-state index contributed by atoms with van der Waals surface area (Å²) >= 11 is 5.63. The van der Waals surface area contributed by atoms with E-state index in [1.54, 1.807) is 12.1 Å². The van der Waals surface area contributed by atoms with Gasteiger partial charge in [0.05, 0.1) is 0 Å². The minimum Gasteiger partial charge on any atom is -0.342 e. The Bertz CT molecular complexity index is 717. The van der Waals surface area contributed by atoms with E-state index in [0.29, 0.717) is 11.9 Å². The fourth-order valence-corrected chi connectivity index (χ4v) is 2.97. The van der Waals surface area contributed by atoms with Gasteiger partial charge in [0, 0.05) is 39.9 Å². The smallest absolute Gasteiger partial charge is 0.263 e. The zero-order valence-corrected chi connectivity index (χ0v) is 11.9. The highest BCUT2D eigenvalue weighted by molar-refractivity contribution is 8.14. The van der Waals surface area contributed by atoms with Gasteiger partial charge in [0.1, 0.15) is 4.90 Å². The van der Waals surface area contributed by atoms with E-state index in [2.05, 4.69) is 0 Å². The molecule has 1 heterocycles. The van der Waals surface area contributed by atoms with Gasteiger partial charge in [-0.2, -0.15) is 0 Å². The molecule has 2 rings (SSSR count). The summed E-state index contributed by atoms with van der Waals surface area (Å²) in [6.07, 6.45) is 1.54. The van der Waals surface area contributed by atoms with Crippen molar-refractivity contribution in [2.75, 3.05) is 0 Å². The Balaban J connectivity index is 2.69. The predicted octanol–water partition coefficient (Wildman–Crippen LogP) is 3.71. The molecule has 0 fully saturated rings. The highest BCUT2D eigenvalue weighted by Crippen LogP contribution is 2.28. The van der Waals surface area contributed by atoms with Crippen LogP contribution in [0.2, 0.25) is 0 Å². The van der Waals surface area contributed by atoms with Gasteiger partial charge in [0.25, 0.3) is 9.05 Å². The lowest BCUT2D eigenvalue weighted by Crippen LogP contribution is -1.96. The van der Waals surface area contributed by atoms with E-state index in [0.717, 1.165) is 11.1 Å². The molecule has 0 bridgehead atoms. The number of hydrogen-bond donors (Lipinski definition) is 0. The standard InChI is InChI=1S/C12H11Cl2NO2S/c1-9(6-13)7-15-8-12(18(14,16)17)10-4-2-3-5-11(10)15/h2-6,8H,7H2,1H3/b9-6-. The average molecular weight is 304 g/mol. The zero-order valence-electron chi connectivity index (χ0n) is 9.60. The number of nitrogens with zero attached hydrogens (tertiary/aromatic N) is 1. The minimum atomic E-state index is -3.75. The zero-order chi connectivity index (χ0) is 13.3. The molecule has 0 atom stereocenters. The van der Waals surface area contributed by atoms with Gasteiger partial charge in [-0.15, -0.1) is 0 Å². The molecular formula is C12H11Cl2NO2S. The third-order valence-corrected chi connectivity index (χ3v) is 4.34. The Morgan fingerprint density at radius 3 is 2.67 bits per heavy atom. The molecule has 1 aromatic carbocycles. The second kappa shape index (κ2) is 4.96. The summed E-state index contributed by atoms with van der Waals surface area (Å²) in [6.45, 7) is 2.40. The fourth-order valence-electron chi connectivity index (χ4n) is 1.84. The van der Waals surface area contributed by atoms with Gasteiger partial charge in [-0.3, -0.25) is 0 Å². The molecule has 1 aromatic heterocycles. The Morgan fingerprint density at radius 2 is 2.06 bits per heavy atom. The molecule has 0 saturated heterocycles. The number of rotatable bonds is 3. The normalized spacial score (nSPS) is 13.2. The van der Waals surface area contributed by atoms with Crippen LogP contribution in [0.25, 0.3) is 10.9 Å². The predicted molar refractivity (Wildman–Crippen MR) is 74.6 cm³/mol. The SMILES string of the molecule is C/C(=C/Cl)Cn1cc(S(=O)(=O)Cl)c2ccccc21. The largest absolute Gasteiger partial charge is 0.342 e. The van der Waals surface area contributed by atoms with Crippen LogP contribution in [-0.4, -0.2) is 13.0 Å². The topological polar surface area (TPSA) is 39.1 Å². The lowest BCUT2D eigenvalue weighted by molar-refractivity contribution is 0.610. The Morgan fingerprint density at radius 1 is 1.39 bits per heavy atom. The Labute approximate surface area is 115 Å². The van der Waals surface area contributed by atoms with Gasteiger partial charge in [0.15, 0.2) is 0 Å². The van der Waals surface area contributed by atoms with Crippen molar-refractivity contribution in [3.63, 3.8) is 0 Å². The van der Waals surface area contributed by atoms with Crippen molar-refractivity contribution in [1.29, 1.82) is 0 Å². The van der Waals surface area contributed by atoms with E-state index in [1.165, 1.54) is 11.7 Å². The van der Waals surface area contributed by atoms with Gasteiger partial charge in [0.2, 0.25) is 0 Å². The number of hydrogen-bond acceptors (Lipinski definition) is 2. The van der Waals surface area contributed by atoms with Crippen molar-refractivity contribution >= 4 is 42.2 Å². The molecule has 0 unspecified atom stereocenters. The monoisotopic (exact) mass is 303 g/mol. The van der Waals surface area contributed by atoms with Crippen LogP contribution in [0.4, 0.5) is 0 Å². The molecule has 3 nitrogen and oxygen atoms in total. The van der Waals surface area contributed by atoms with Crippen molar-refractivity contribution in [1.82, 2.24) is 4.57 Å². The van der Waals surface area contributed by atoms with Crippen molar-refractivity contribution < 1.29 is 8.42 Å². The Hall–Kier alpha value is -0.970. The number of benzene rings is 1. The molecule has 0 saturated carbocycles. The van der Waals surface area contributed by atoms with Gasteiger partial charge in [-0.05, 0) is 18.6 Å². The van der Waals surface area contributed by atoms with Crippen LogP contribution < -0.4 is 0 Å². The van der Waals surface area contributed by atoms with E-state index < -0.39 is 9.05 Å². The van der Waals surface area contributed by atoms with E-state index in [4.69, 9.17) is 22.3 Å². The average Bonchev–Trinajstić information content (AvgIpc) is 2.68. The molecule has 0 spiro atoms. The maximum atomic E-state index is 11.5. The summed E-state index contributed by atoms with van der Waals surface area (Å²) in [7, 11) is 1.69. The van der Waals surface area contributed by atoms with Crippen LogP contribution in [0.1, 0.15) is 6.92 Å². The highest BCUT2D eigenvalue weighted by atomic mass is 35.7. The summed E-state index contributed by atoms with van der Waals surface area (Å²) in [5, 5.41) is 0.620. The van der Waals surface area contributed by atoms with E-state index in [1.807, 2.05) is 23.6 Å². The van der Waals surface area contributed by atoms with E-state index in [9.17, 15) is 8.42 Å². The van der Waals surface area contributed by atoms with Crippen LogP contribution >= 0.6 is 22.3 Å². The highest BCUT2D eigenvalue weighted by Gasteiger charge is 2.18. The molecule has 2 aromatic rings. The summed E-state index contributed by atoms with van der Waals surface area (Å²) in [5.74, 6) is 0. The van der Waals surface area contributed by atoms with Crippen molar-refractivity contribution in [3.05, 3.63) is 41.6 Å². The number of halogens is 2. The van der Waals surface area contributed by atoms with Crippen LogP contribution in [0, 0.1) is 0 Å². The number of aromatic nitrogens is 1. The molecule has 6 heteroatoms. The number of allylic oxidation sites excluding steroid dienone is 1. The molecule has 0 amide bonds. The number of fused-ring (bicyclic) bond motifs is 1. The lowest BCUT2D eigenvalue weighted by Gasteiger charge is -2.04. The molecule has 0 aliphatic rings. The van der Waals surface area contributed by atoms with Crippen LogP contribution in [-0.2, 0) is 15.6 Å². The fraction of sp³-hybridized carbons (Fsp3) is 0.167. The summed E-state index contributed by atoms with van der Waals surface area (Å²) in [5.41, 5.74) is 3.22. The van der Waals surface area contributed by atoms with Crippen LogP contribution in [0.5, 0.6) is 0 Å². The quantitative estimate of drug-likeness (QED) is 0.811. The summed E-state index contributed by atoms with van der Waals surface area (Å²) < 4.78 is 24.9. The second-order valence-electron chi connectivity index (χ2n) is 4.03. The first-order valence-corrected chi connectivity index (χ1v) is 7.96. The summed E-state index contributed by atoms with van der Waals surface area (Å²) in [6, 6.07) is 7.22. The first-order valence-electron chi connectivity index (χ1n) is 5.22. The van der Waals surface area contributed by atoms with Gasteiger partial charge in [-0.25, -0.2) is 8.42 Å². The van der Waals surface area contributed by atoms with Gasteiger partial charge >= 0.3 is 0 Å². The molecule has 0 N–H and O–H groups in total. The van der Waals surface area contributed by atoms with Crippen molar-refractivity contribution in [2.45, 2.75) is 18.4 Å². The lowest BCUT2D eigenvalue weighted by atomic mass is 10.2. The van der Waals surface area contributed by atoms with Crippen LogP contribution in [0.3, 0.4) is 0 Å². The minimum absolute atomic E-state index is 0.127. The van der Waals surface area contributed by atoms with Crippen LogP contribution in [0.15, 0.2) is 46.5 Å². The van der Waals surface area contributed by atoms with E-state index >= 15 is 0 Å². The van der Waals surface area contributed by atoms with Gasteiger partial charge < -0.3 is 4.57 Å². The summed E-state index contributed by atoms with van der Waals surface area (Å²) in [4.78, 5) is 0.127. The molecule has 0 aliphatic carbocycles. The molecule has 0 aliphatic heterocycles. The first-order chi connectivity index (χ1) is 8.43. The third kappa shape index (κ3) is 2.55. The molecule has 0 radical (unpaired) electrons. The Kier molecular flexibility index (Phi) is 3.71. The molecular weight excluding hydrogens is 293 g/mol. The maximum Gasteiger partial charge on any atom is 0.263 e. The number of para-hydroxylation sites is 1. The van der Waals surface area contributed by atoms with E-state index in [-0.39, 0.29) is 4.90 Å². The molecule has 96 valence electrons. The third-order valence-electron chi connectivity index (χ3n) is 2.62. The van der Waals surface area contributed by atoms with Crippen molar-refractivity contribution in [3.8, 4) is 0 Å². The second-order valence-corrected chi connectivity index (χ2v) is 6.78. The van der Waals surface area contributed by atoms with Gasteiger partial charge in [-0.1, -0.05) is 29.8 Å². The van der Waals surface area contributed by atoms with Crippen molar-refractivity contribution in [2.24, 2.45) is 0 Å². The molecule has 18 heavy (non-hydrogen) atoms. The maximum absolute atomic E-state index is 11.5.